The van der Waals surface area contributed by atoms with Crippen molar-refractivity contribution in [3.05, 3.63) is 29.3 Å². The van der Waals surface area contributed by atoms with E-state index >= 15 is 0 Å². The lowest BCUT2D eigenvalue weighted by Gasteiger charge is -2.32. The van der Waals surface area contributed by atoms with Gasteiger partial charge < -0.3 is 16.0 Å². The molecule has 0 atom stereocenters. The fourth-order valence-electron chi connectivity index (χ4n) is 2.61. The van der Waals surface area contributed by atoms with Crippen molar-refractivity contribution in [1.82, 2.24) is 10.2 Å². The van der Waals surface area contributed by atoms with Crippen molar-refractivity contribution >= 4 is 17.5 Å². The van der Waals surface area contributed by atoms with Crippen LogP contribution in [0.2, 0.25) is 0 Å². The number of nitrogens with zero attached hydrogens (tertiary/aromatic N) is 1. The van der Waals surface area contributed by atoms with Gasteiger partial charge in [0, 0.05) is 36.8 Å². The van der Waals surface area contributed by atoms with E-state index in [0.717, 1.165) is 18.4 Å². The van der Waals surface area contributed by atoms with Crippen LogP contribution in [0.4, 0.5) is 5.69 Å². The van der Waals surface area contributed by atoms with Crippen LogP contribution >= 0.6 is 0 Å². The molecule has 2 amide bonds. The Labute approximate surface area is 125 Å². The monoisotopic (exact) mass is 289 g/mol. The molecule has 0 radical (unpaired) electrons. The number of rotatable bonds is 3. The fraction of sp³-hybridized carbons (Fsp3) is 0.500. The van der Waals surface area contributed by atoms with Gasteiger partial charge in [-0.25, -0.2) is 0 Å². The Morgan fingerprint density at radius 2 is 2.00 bits per heavy atom. The van der Waals surface area contributed by atoms with E-state index in [1.54, 1.807) is 6.07 Å². The van der Waals surface area contributed by atoms with Gasteiger partial charge in [0.15, 0.2) is 0 Å². The summed E-state index contributed by atoms with van der Waals surface area (Å²) in [6, 6.07) is 5.62. The highest BCUT2D eigenvalue weighted by molar-refractivity contribution is 5.97. The number of hydrogen-bond acceptors (Lipinski definition) is 3. The molecule has 0 unspecified atom stereocenters. The average Bonchev–Trinajstić information content (AvgIpc) is 2.50. The Hall–Kier alpha value is -2.04. The van der Waals surface area contributed by atoms with Crippen LogP contribution < -0.4 is 11.1 Å². The van der Waals surface area contributed by atoms with Crippen molar-refractivity contribution in [3.8, 4) is 0 Å². The average molecular weight is 289 g/mol. The highest BCUT2D eigenvalue weighted by Gasteiger charge is 2.25. The quantitative estimate of drug-likeness (QED) is 0.832. The molecule has 1 aromatic rings. The predicted molar refractivity (Wildman–Crippen MR) is 83.0 cm³/mol. The zero-order valence-electron chi connectivity index (χ0n) is 12.7. The summed E-state index contributed by atoms with van der Waals surface area (Å²) in [6.07, 6.45) is 2.11. The first-order valence-corrected chi connectivity index (χ1v) is 7.46. The largest absolute Gasteiger partial charge is 0.398 e. The molecule has 21 heavy (non-hydrogen) atoms. The van der Waals surface area contributed by atoms with Crippen LogP contribution in [0.5, 0.6) is 0 Å². The van der Waals surface area contributed by atoms with Crippen molar-refractivity contribution in [2.75, 3.05) is 18.8 Å². The van der Waals surface area contributed by atoms with Crippen LogP contribution in [0.15, 0.2) is 18.2 Å². The first-order chi connectivity index (χ1) is 10.0. The second-order valence-corrected chi connectivity index (χ2v) is 5.51. The van der Waals surface area contributed by atoms with Gasteiger partial charge in [-0.05, 0) is 37.5 Å². The molecule has 114 valence electrons. The van der Waals surface area contributed by atoms with E-state index in [1.807, 2.05) is 30.9 Å². The number of nitrogens with two attached hydrogens (primary N) is 1. The van der Waals surface area contributed by atoms with Crippen LogP contribution in [-0.2, 0) is 4.79 Å². The van der Waals surface area contributed by atoms with Gasteiger partial charge in [-0.15, -0.1) is 0 Å². The fourth-order valence-corrected chi connectivity index (χ4v) is 2.61. The summed E-state index contributed by atoms with van der Waals surface area (Å²) in [4.78, 5) is 25.8. The van der Waals surface area contributed by atoms with Gasteiger partial charge in [0.25, 0.3) is 5.91 Å². The molecule has 1 saturated heterocycles. The maximum Gasteiger partial charge on any atom is 0.254 e. The number of amides is 2. The van der Waals surface area contributed by atoms with Crippen LogP contribution in [0.25, 0.3) is 0 Å². The topological polar surface area (TPSA) is 75.4 Å². The normalized spacial score (nSPS) is 15.8. The standard InChI is InChI=1S/C16H23N3O2/c1-3-15(20)18-12-7-9-19(10-8-12)16(21)13-5-4-6-14(17)11(13)2/h4-6,12H,3,7-10,17H2,1-2H3,(H,18,20). The molecule has 1 aliphatic rings. The van der Waals surface area contributed by atoms with E-state index in [9.17, 15) is 9.59 Å². The summed E-state index contributed by atoms with van der Waals surface area (Å²) in [5.74, 6) is 0.103. The summed E-state index contributed by atoms with van der Waals surface area (Å²) < 4.78 is 0. The third-order valence-corrected chi connectivity index (χ3v) is 4.07. The van der Waals surface area contributed by atoms with Crippen molar-refractivity contribution in [2.24, 2.45) is 0 Å². The number of carbonyl (C=O) groups excluding carboxylic acids is 2. The van der Waals surface area contributed by atoms with Crippen molar-refractivity contribution in [1.29, 1.82) is 0 Å². The van der Waals surface area contributed by atoms with E-state index in [2.05, 4.69) is 5.32 Å². The SMILES string of the molecule is CCC(=O)NC1CCN(C(=O)c2cccc(N)c2C)CC1. The number of benzene rings is 1. The Morgan fingerprint density at radius 3 is 2.62 bits per heavy atom. The molecule has 3 N–H and O–H groups in total. The Balaban J connectivity index is 1.97. The van der Waals surface area contributed by atoms with Crippen LogP contribution in [0.1, 0.15) is 42.1 Å². The van der Waals surface area contributed by atoms with Crippen molar-refractivity contribution in [3.63, 3.8) is 0 Å². The molecular formula is C16H23N3O2. The second kappa shape index (κ2) is 6.61. The molecule has 1 aliphatic heterocycles. The van der Waals surface area contributed by atoms with Gasteiger partial charge in [-0.3, -0.25) is 9.59 Å². The van der Waals surface area contributed by atoms with Crippen LogP contribution in [-0.4, -0.2) is 35.8 Å². The third-order valence-electron chi connectivity index (χ3n) is 4.07. The number of anilines is 1. The summed E-state index contributed by atoms with van der Waals surface area (Å²) in [7, 11) is 0. The number of nitrogens with one attached hydrogen (secondary N) is 1. The number of piperidine rings is 1. The zero-order chi connectivity index (χ0) is 15.4. The smallest absolute Gasteiger partial charge is 0.254 e. The minimum atomic E-state index is 0.0278. The lowest BCUT2D eigenvalue weighted by molar-refractivity contribution is -0.121. The highest BCUT2D eigenvalue weighted by Crippen LogP contribution is 2.20. The third kappa shape index (κ3) is 3.54. The van der Waals surface area contributed by atoms with Crippen molar-refractivity contribution in [2.45, 2.75) is 39.2 Å². The summed E-state index contributed by atoms with van der Waals surface area (Å²) in [6.45, 7) is 5.05. The summed E-state index contributed by atoms with van der Waals surface area (Å²) >= 11 is 0. The van der Waals surface area contributed by atoms with E-state index in [4.69, 9.17) is 5.73 Å². The highest BCUT2D eigenvalue weighted by atomic mass is 16.2. The first kappa shape index (κ1) is 15.4. The molecule has 0 aliphatic carbocycles. The second-order valence-electron chi connectivity index (χ2n) is 5.51. The van der Waals surface area contributed by atoms with Crippen LogP contribution in [0.3, 0.4) is 0 Å². The molecule has 1 fully saturated rings. The van der Waals surface area contributed by atoms with Gasteiger partial charge in [-0.1, -0.05) is 13.0 Å². The Kier molecular flexibility index (Phi) is 4.83. The molecule has 5 heteroatoms. The summed E-state index contributed by atoms with van der Waals surface area (Å²) in [5, 5.41) is 2.99. The Morgan fingerprint density at radius 1 is 1.33 bits per heavy atom. The van der Waals surface area contributed by atoms with E-state index < -0.39 is 0 Å². The number of carbonyl (C=O) groups is 2. The molecule has 0 spiro atoms. The number of nitrogen functional groups attached to an aromatic ring is 1. The van der Waals surface area contributed by atoms with E-state index in [0.29, 0.717) is 30.8 Å². The first-order valence-electron chi connectivity index (χ1n) is 7.46. The van der Waals surface area contributed by atoms with E-state index in [-0.39, 0.29) is 17.9 Å². The molecule has 0 saturated carbocycles. The summed E-state index contributed by atoms with van der Waals surface area (Å²) in [5.41, 5.74) is 8.02. The number of likely N-dealkylation sites (tertiary alicyclic amines) is 1. The van der Waals surface area contributed by atoms with Crippen LogP contribution in [0, 0.1) is 6.92 Å². The lowest BCUT2D eigenvalue weighted by atomic mass is 10.0. The zero-order valence-corrected chi connectivity index (χ0v) is 12.7. The lowest BCUT2D eigenvalue weighted by Crippen LogP contribution is -2.46. The van der Waals surface area contributed by atoms with Crippen molar-refractivity contribution < 1.29 is 9.59 Å². The minimum Gasteiger partial charge on any atom is -0.398 e. The molecule has 0 aromatic heterocycles. The molecule has 5 nitrogen and oxygen atoms in total. The number of hydrogen-bond donors (Lipinski definition) is 2. The minimum absolute atomic E-state index is 0.0278. The van der Waals surface area contributed by atoms with Gasteiger partial charge in [0.2, 0.25) is 5.91 Å². The molecular weight excluding hydrogens is 266 g/mol. The van der Waals surface area contributed by atoms with E-state index in [1.165, 1.54) is 0 Å². The maximum atomic E-state index is 12.5. The predicted octanol–water partition coefficient (Wildman–Crippen LogP) is 1.71. The van der Waals surface area contributed by atoms with Gasteiger partial charge in [0.05, 0.1) is 0 Å². The molecule has 1 aromatic carbocycles. The van der Waals surface area contributed by atoms with Gasteiger partial charge >= 0.3 is 0 Å². The Bertz CT molecular complexity index is 534. The molecule has 0 bridgehead atoms. The maximum absolute atomic E-state index is 12.5. The molecule has 2 rings (SSSR count). The van der Waals surface area contributed by atoms with Gasteiger partial charge in [0.1, 0.15) is 0 Å². The molecule has 1 heterocycles. The van der Waals surface area contributed by atoms with Gasteiger partial charge in [-0.2, -0.15) is 0 Å².